The predicted molar refractivity (Wildman–Crippen MR) is 86.1 cm³/mol. The van der Waals surface area contributed by atoms with E-state index in [1.165, 1.54) is 6.07 Å². The van der Waals surface area contributed by atoms with Gasteiger partial charge >= 0.3 is 0 Å². The molecule has 0 spiro atoms. The number of nitrogens with one attached hydrogen (secondary N) is 1. The highest BCUT2D eigenvalue weighted by atomic mass is 79.9. The first-order chi connectivity index (χ1) is 9.52. The van der Waals surface area contributed by atoms with Gasteiger partial charge in [-0.3, -0.25) is 0 Å². The van der Waals surface area contributed by atoms with Gasteiger partial charge in [-0.05, 0) is 58.7 Å². The average molecular weight is 377 g/mol. The first kappa shape index (κ1) is 15.8. The standard InChI is InChI=1S/C15H13BrCl2FN/c1-20-14(9-5-6-12(17)11(16)7-9)8-10-3-2-4-13(19)15(10)18/h2-7,14,20H,8H2,1H3. The number of hydrogen-bond donors (Lipinski definition) is 1. The van der Waals surface area contributed by atoms with Crippen molar-refractivity contribution >= 4 is 39.1 Å². The zero-order valence-corrected chi connectivity index (χ0v) is 13.9. The fourth-order valence-electron chi connectivity index (χ4n) is 2.04. The first-order valence-corrected chi connectivity index (χ1v) is 7.63. The third-order valence-corrected chi connectivity index (χ3v) is 4.79. The molecular weight excluding hydrogens is 364 g/mol. The second kappa shape index (κ2) is 6.90. The zero-order chi connectivity index (χ0) is 14.7. The summed E-state index contributed by atoms with van der Waals surface area (Å²) in [5.74, 6) is -0.392. The SMILES string of the molecule is CNC(Cc1cccc(F)c1Cl)c1ccc(Cl)c(Br)c1. The van der Waals surface area contributed by atoms with Crippen molar-refractivity contribution in [3.05, 3.63) is 67.9 Å². The molecule has 0 heterocycles. The van der Waals surface area contributed by atoms with Gasteiger partial charge in [-0.2, -0.15) is 0 Å². The van der Waals surface area contributed by atoms with E-state index in [0.717, 1.165) is 15.6 Å². The van der Waals surface area contributed by atoms with Gasteiger partial charge in [0, 0.05) is 10.5 Å². The van der Waals surface area contributed by atoms with Crippen molar-refractivity contribution in [2.24, 2.45) is 0 Å². The van der Waals surface area contributed by atoms with E-state index in [9.17, 15) is 4.39 Å². The number of hydrogen-bond acceptors (Lipinski definition) is 1. The van der Waals surface area contributed by atoms with Crippen molar-refractivity contribution in [2.45, 2.75) is 12.5 Å². The summed E-state index contributed by atoms with van der Waals surface area (Å²) in [4.78, 5) is 0. The number of likely N-dealkylation sites (N-methyl/N-ethyl adjacent to an activating group) is 1. The van der Waals surface area contributed by atoms with Crippen LogP contribution in [0.2, 0.25) is 10.0 Å². The molecule has 2 rings (SSSR count). The molecule has 0 saturated carbocycles. The lowest BCUT2D eigenvalue weighted by Gasteiger charge is -2.18. The molecule has 0 aliphatic carbocycles. The van der Waals surface area contributed by atoms with E-state index in [-0.39, 0.29) is 11.1 Å². The average Bonchev–Trinajstić information content (AvgIpc) is 2.44. The zero-order valence-electron chi connectivity index (χ0n) is 10.8. The highest BCUT2D eigenvalue weighted by Gasteiger charge is 2.14. The van der Waals surface area contributed by atoms with Gasteiger partial charge in [0.1, 0.15) is 5.82 Å². The molecule has 0 aliphatic rings. The second-order valence-electron chi connectivity index (χ2n) is 4.43. The van der Waals surface area contributed by atoms with E-state index in [1.807, 2.05) is 31.3 Å². The minimum atomic E-state index is -0.392. The van der Waals surface area contributed by atoms with E-state index >= 15 is 0 Å². The van der Waals surface area contributed by atoms with Crippen LogP contribution in [-0.2, 0) is 6.42 Å². The van der Waals surface area contributed by atoms with Crippen LogP contribution in [0.1, 0.15) is 17.2 Å². The van der Waals surface area contributed by atoms with Crippen LogP contribution < -0.4 is 5.32 Å². The Morgan fingerprint density at radius 2 is 2.00 bits per heavy atom. The molecule has 0 bridgehead atoms. The minimum absolute atomic E-state index is 0.0304. The van der Waals surface area contributed by atoms with Crippen LogP contribution in [-0.4, -0.2) is 7.05 Å². The molecule has 106 valence electrons. The molecule has 0 saturated heterocycles. The highest BCUT2D eigenvalue weighted by molar-refractivity contribution is 9.10. The quantitative estimate of drug-likeness (QED) is 0.753. The smallest absolute Gasteiger partial charge is 0.142 e. The van der Waals surface area contributed by atoms with Gasteiger partial charge in [0.2, 0.25) is 0 Å². The van der Waals surface area contributed by atoms with Crippen LogP contribution in [0.15, 0.2) is 40.9 Å². The Balaban J connectivity index is 2.28. The molecule has 5 heteroatoms. The molecule has 1 unspecified atom stereocenters. The van der Waals surface area contributed by atoms with Crippen LogP contribution in [0.25, 0.3) is 0 Å². The lowest BCUT2D eigenvalue weighted by Crippen LogP contribution is -2.19. The van der Waals surface area contributed by atoms with Gasteiger partial charge in [-0.25, -0.2) is 4.39 Å². The van der Waals surface area contributed by atoms with Crippen LogP contribution in [0, 0.1) is 5.82 Å². The Morgan fingerprint density at radius 1 is 1.25 bits per heavy atom. The summed E-state index contributed by atoms with van der Waals surface area (Å²) < 4.78 is 14.3. The Labute approximate surface area is 136 Å². The van der Waals surface area contributed by atoms with Crippen molar-refractivity contribution in [3.63, 3.8) is 0 Å². The van der Waals surface area contributed by atoms with E-state index < -0.39 is 5.82 Å². The second-order valence-corrected chi connectivity index (χ2v) is 6.07. The van der Waals surface area contributed by atoms with Crippen LogP contribution >= 0.6 is 39.1 Å². The number of benzene rings is 2. The maximum atomic E-state index is 13.5. The van der Waals surface area contributed by atoms with Gasteiger partial charge < -0.3 is 5.32 Å². The first-order valence-electron chi connectivity index (χ1n) is 6.08. The summed E-state index contributed by atoms with van der Waals surface area (Å²) in [5.41, 5.74) is 1.83. The Bertz CT molecular complexity index is 619. The molecule has 2 aromatic rings. The molecule has 0 aliphatic heterocycles. The van der Waals surface area contributed by atoms with Crippen LogP contribution in [0.3, 0.4) is 0 Å². The fraction of sp³-hybridized carbons (Fsp3) is 0.200. The summed E-state index contributed by atoms with van der Waals surface area (Å²) in [5, 5.41) is 4.06. The summed E-state index contributed by atoms with van der Waals surface area (Å²) in [6, 6.07) is 10.6. The molecule has 0 radical (unpaired) electrons. The van der Waals surface area contributed by atoms with Crippen molar-refractivity contribution in [2.75, 3.05) is 7.05 Å². The monoisotopic (exact) mass is 375 g/mol. The van der Waals surface area contributed by atoms with Gasteiger partial charge in [-0.15, -0.1) is 0 Å². The molecule has 20 heavy (non-hydrogen) atoms. The summed E-state index contributed by atoms with van der Waals surface area (Å²) in [7, 11) is 1.86. The summed E-state index contributed by atoms with van der Waals surface area (Å²) in [6.45, 7) is 0. The van der Waals surface area contributed by atoms with Gasteiger partial charge in [0.05, 0.1) is 10.0 Å². The summed E-state index contributed by atoms with van der Waals surface area (Å²) >= 11 is 15.4. The van der Waals surface area contributed by atoms with Crippen molar-refractivity contribution in [1.82, 2.24) is 5.32 Å². The van der Waals surface area contributed by atoms with Crippen LogP contribution in [0.5, 0.6) is 0 Å². The fourth-order valence-corrected chi connectivity index (χ4v) is 2.76. The Hall–Kier alpha value is -0.610. The third-order valence-electron chi connectivity index (χ3n) is 3.15. The van der Waals surface area contributed by atoms with E-state index in [0.29, 0.717) is 11.4 Å². The van der Waals surface area contributed by atoms with Crippen molar-refractivity contribution in [1.29, 1.82) is 0 Å². The highest BCUT2D eigenvalue weighted by Crippen LogP contribution is 2.29. The normalized spacial score (nSPS) is 12.4. The molecule has 0 amide bonds. The third kappa shape index (κ3) is 3.53. The Kier molecular flexibility index (Phi) is 5.44. The van der Waals surface area contributed by atoms with Crippen molar-refractivity contribution in [3.8, 4) is 0 Å². The molecular formula is C15H13BrCl2FN. The predicted octanol–water partition coefficient (Wildman–Crippen LogP) is 5.40. The summed E-state index contributed by atoms with van der Waals surface area (Å²) in [6.07, 6.45) is 0.598. The largest absolute Gasteiger partial charge is 0.313 e. The lowest BCUT2D eigenvalue weighted by molar-refractivity contribution is 0.584. The molecule has 1 N–H and O–H groups in total. The topological polar surface area (TPSA) is 12.0 Å². The molecule has 0 aromatic heterocycles. The molecule has 1 atom stereocenters. The lowest BCUT2D eigenvalue weighted by atomic mass is 9.99. The van der Waals surface area contributed by atoms with Gasteiger partial charge in [-0.1, -0.05) is 41.4 Å². The molecule has 2 aromatic carbocycles. The molecule has 1 nitrogen and oxygen atoms in total. The van der Waals surface area contributed by atoms with Gasteiger partial charge in [0.25, 0.3) is 0 Å². The van der Waals surface area contributed by atoms with E-state index in [4.69, 9.17) is 23.2 Å². The number of halogens is 4. The van der Waals surface area contributed by atoms with Crippen molar-refractivity contribution < 1.29 is 4.39 Å². The van der Waals surface area contributed by atoms with E-state index in [1.54, 1.807) is 6.07 Å². The molecule has 0 fully saturated rings. The number of rotatable bonds is 4. The minimum Gasteiger partial charge on any atom is -0.313 e. The van der Waals surface area contributed by atoms with E-state index in [2.05, 4.69) is 21.2 Å². The van der Waals surface area contributed by atoms with Crippen LogP contribution in [0.4, 0.5) is 4.39 Å². The maximum absolute atomic E-state index is 13.5. The van der Waals surface area contributed by atoms with Gasteiger partial charge in [0.15, 0.2) is 0 Å². The maximum Gasteiger partial charge on any atom is 0.142 e. The Morgan fingerprint density at radius 3 is 2.65 bits per heavy atom.